The van der Waals surface area contributed by atoms with E-state index in [1.54, 1.807) is 0 Å². The van der Waals surface area contributed by atoms with Crippen LogP contribution >= 0.6 is 0 Å². The summed E-state index contributed by atoms with van der Waals surface area (Å²) in [6.45, 7) is 5.29. The minimum atomic E-state index is -1.05. The van der Waals surface area contributed by atoms with Crippen LogP contribution in [0.5, 0.6) is 0 Å². The lowest BCUT2D eigenvalue weighted by Crippen LogP contribution is -2.24. The van der Waals surface area contributed by atoms with Crippen molar-refractivity contribution in [1.82, 2.24) is 10.3 Å². The number of nitrogens with one attached hydrogen (secondary N) is 1. The highest BCUT2D eigenvalue weighted by molar-refractivity contribution is 6.05. The first-order chi connectivity index (χ1) is 9.06. The van der Waals surface area contributed by atoms with E-state index in [1.807, 2.05) is 0 Å². The molecule has 0 saturated heterocycles. The highest BCUT2D eigenvalue weighted by Crippen LogP contribution is 2.16. The summed E-state index contributed by atoms with van der Waals surface area (Å²) >= 11 is 0. The lowest BCUT2D eigenvalue weighted by molar-refractivity contribution is -0.128. The Hall–Kier alpha value is -1.59. The van der Waals surface area contributed by atoms with Gasteiger partial charge >= 0.3 is 6.09 Å². The standard InChI is InChI=1S/C13H23N3O3/c1-3-10(4-2)6-8-16-12(17)9-11(15-16)5-7-14-13(18)19/h10,14H,3-9H2,1-2H3,(H,18,19). The summed E-state index contributed by atoms with van der Waals surface area (Å²) in [6.07, 6.45) is 3.00. The zero-order valence-electron chi connectivity index (χ0n) is 11.7. The van der Waals surface area contributed by atoms with E-state index in [-0.39, 0.29) is 5.91 Å². The fraction of sp³-hybridized carbons (Fsp3) is 0.769. The van der Waals surface area contributed by atoms with Crippen molar-refractivity contribution in [3.63, 3.8) is 0 Å². The van der Waals surface area contributed by atoms with Crippen LogP contribution in [-0.2, 0) is 4.79 Å². The van der Waals surface area contributed by atoms with Crippen molar-refractivity contribution in [2.24, 2.45) is 11.0 Å². The summed E-state index contributed by atoms with van der Waals surface area (Å²) in [5, 5.41) is 16.5. The molecule has 0 atom stereocenters. The van der Waals surface area contributed by atoms with E-state index in [0.717, 1.165) is 25.0 Å². The summed E-state index contributed by atoms with van der Waals surface area (Å²) in [6, 6.07) is 0. The number of hydrogen-bond donors (Lipinski definition) is 2. The Labute approximate surface area is 113 Å². The number of rotatable bonds is 8. The predicted octanol–water partition coefficient (Wildman–Crippen LogP) is 2.06. The van der Waals surface area contributed by atoms with Crippen LogP contribution in [-0.4, -0.2) is 40.9 Å². The maximum Gasteiger partial charge on any atom is 0.404 e. The van der Waals surface area contributed by atoms with Gasteiger partial charge in [0.1, 0.15) is 0 Å². The molecule has 0 aliphatic carbocycles. The molecule has 0 aromatic carbocycles. The first-order valence-corrected chi connectivity index (χ1v) is 6.90. The molecule has 6 heteroatoms. The van der Waals surface area contributed by atoms with Gasteiger partial charge in [-0.2, -0.15) is 5.10 Å². The van der Waals surface area contributed by atoms with Crippen LogP contribution in [0.2, 0.25) is 0 Å². The average Bonchev–Trinajstić information content (AvgIpc) is 2.71. The maximum absolute atomic E-state index is 11.7. The summed E-state index contributed by atoms with van der Waals surface area (Å²) in [4.78, 5) is 22.1. The van der Waals surface area contributed by atoms with Crippen LogP contribution < -0.4 is 5.32 Å². The molecule has 1 rings (SSSR count). The van der Waals surface area contributed by atoms with E-state index in [9.17, 15) is 9.59 Å². The highest BCUT2D eigenvalue weighted by Gasteiger charge is 2.23. The van der Waals surface area contributed by atoms with E-state index >= 15 is 0 Å². The molecule has 0 aromatic heterocycles. The lowest BCUT2D eigenvalue weighted by atomic mass is 9.99. The topological polar surface area (TPSA) is 82.0 Å². The predicted molar refractivity (Wildman–Crippen MR) is 73.1 cm³/mol. The first-order valence-electron chi connectivity index (χ1n) is 6.90. The molecule has 2 amide bonds. The third kappa shape index (κ3) is 5.28. The molecule has 19 heavy (non-hydrogen) atoms. The SMILES string of the molecule is CCC(CC)CCN1N=C(CCNC(=O)O)CC1=O. The van der Waals surface area contributed by atoms with Crippen molar-refractivity contribution in [1.29, 1.82) is 0 Å². The zero-order valence-corrected chi connectivity index (χ0v) is 11.7. The molecule has 0 unspecified atom stereocenters. The second-order valence-corrected chi connectivity index (χ2v) is 4.81. The maximum atomic E-state index is 11.7. The fourth-order valence-corrected chi connectivity index (χ4v) is 2.16. The molecule has 1 aliphatic rings. The molecular formula is C13H23N3O3. The van der Waals surface area contributed by atoms with Crippen molar-refractivity contribution < 1.29 is 14.7 Å². The summed E-state index contributed by atoms with van der Waals surface area (Å²) < 4.78 is 0. The Morgan fingerprint density at radius 1 is 1.47 bits per heavy atom. The molecule has 1 heterocycles. The molecule has 0 fully saturated rings. The van der Waals surface area contributed by atoms with Crippen molar-refractivity contribution in [2.75, 3.05) is 13.1 Å². The lowest BCUT2D eigenvalue weighted by Gasteiger charge is -2.16. The van der Waals surface area contributed by atoms with Crippen LogP contribution in [0.1, 0.15) is 46.0 Å². The minimum absolute atomic E-state index is 0.0243. The number of amides is 2. The molecule has 6 nitrogen and oxygen atoms in total. The Morgan fingerprint density at radius 3 is 2.74 bits per heavy atom. The van der Waals surface area contributed by atoms with E-state index < -0.39 is 6.09 Å². The van der Waals surface area contributed by atoms with Crippen molar-refractivity contribution in [3.8, 4) is 0 Å². The molecule has 0 radical (unpaired) electrons. The third-order valence-corrected chi connectivity index (χ3v) is 3.50. The minimum Gasteiger partial charge on any atom is -0.465 e. The number of carbonyl (C=O) groups is 2. The monoisotopic (exact) mass is 269 g/mol. The Kier molecular flexibility index (Phi) is 6.32. The van der Waals surface area contributed by atoms with E-state index in [1.165, 1.54) is 5.01 Å². The smallest absolute Gasteiger partial charge is 0.404 e. The Morgan fingerprint density at radius 2 is 2.16 bits per heavy atom. The van der Waals surface area contributed by atoms with Crippen LogP contribution in [0.4, 0.5) is 4.79 Å². The van der Waals surface area contributed by atoms with E-state index in [0.29, 0.717) is 31.8 Å². The second kappa shape index (κ2) is 7.76. The molecule has 0 spiro atoms. The van der Waals surface area contributed by atoms with Crippen LogP contribution in [0.3, 0.4) is 0 Å². The van der Waals surface area contributed by atoms with Gasteiger partial charge in [-0.15, -0.1) is 0 Å². The molecule has 108 valence electrons. The van der Waals surface area contributed by atoms with Gasteiger partial charge in [-0.05, 0) is 12.3 Å². The van der Waals surface area contributed by atoms with Crippen molar-refractivity contribution >= 4 is 17.7 Å². The van der Waals surface area contributed by atoms with Crippen LogP contribution in [0.15, 0.2) is 5.10 Å². The quantitative estimate of drug-likeness (QED) is 0.707. The van der Waals surface area contributed by atoms with Gasteiger partial charge in [-0.25, -0.2) is 9.80 Å². The van der Waals surface area contributed by atoms with Crippen molar-refractivity contribution in [2.45, 2.75) is 46.0 Å². The molecule has 2 N–H and O–H groups in total. The van der Waals surface area contributed by atoms with Gasteiger partial charge in [0.15, 0.2) is 0 Å². The fourth-order valence-electron chi connectivity index (χ4n) is 2.16. The van der Waals surface area contributed by atoms with Gasteiger partial charge in [0.2, 0.25) is 5.91 Å². The number of nitrogens with zero attached hydrogens (tertiary/aromatic N) is 2. The van der Waals surface area contributed by atoms with Gasteiger partial charge in [0.05, 0.1) is 6.42 Å². The Bertz CT molecular complexity index is 351. The van der Waals surface area contributed by atoms with Gasteiger partial charge in [-0.3, -0.25) is 4.79 Å². The number of hydrogen-bond acceptors (Lipinski definition) is 3. The number of hydrazone groups is 1. The highest BCUT2D eigenvalue weighted by atomic mass is 16.4. The molecular weight excluding hydrogens is 246 g/mol. The van der Waals surface area contributed by atoms with Crippen LogP contribution in [0, 0.1) is 5.92 Å². The largest absolute Gasteiger partial charge is 0.465 e. The molecule has 1 aliphatic heterocycles. The van der Waals surface area contributed by atoms with Gasteiger partial charge in [-0.1, -0.05) is 26.7 Å². The number of carboxylic acid groups (broad SMARTS) is 1. The van der Waals surface area contributed by atoms with Gasteiger partial charge in [0.25, 0.3) is 0 Å². The number of carbonyl (C=O) groups excluding carboxylic acids is 1. The summed E-state index contributed by atoms with van der Waals surface area (Å²) in [5.74, 6) is 0.664. The molecule has 0 saturated carbocycles. The van der Waals surface area contributed by atoms with E-state index in [4.69, 9.17) is 5.11 Å². The van der Waals surface area contributed by atoms with Crippen LogP contribution in [0.25, 0.3) is 0 Å². The zero-order chi connectivity index (χ0) is 14.3. The summed E-state index contributed by atoms with van der Waals surface area (Å²) in [7, 11) is 0. The molecule has 0 bridgehead atoms. The Balaban J connectivity index is 2.36. The van der Waals surface area contributed by atoms with E-state index in [2.05, 4.69) is 24.3 Å². The summed E-state index contributed by atoms with van der Waals surface area (Å²) in [5.41, 5.74) is 0.767. The first kappa shape index (κ1) is 15.5. The second-order valence-electron chi connectivity index (χ2n) is 4.81. The van der Waals surface area contributed by atoms with Crippen molar-refractivity contribution in [3.05, 3.63) is 0 Å². The average molecular weight is 269 g/mol. The van der Waals surface area contributed by atoms with Gasteiger partial charge < -0.3 is 10.4 Å². The molecule has 0 aromatic rings. The third-order valence-electron chi connectivity index (χ3n) is 3.50. The van der Waals surface area contributed by atoms with Gasteiger partial charge in [0, 0.05) is 25.2 Å². The normalized spacial score (nSPS) is 15.0.